The predicted octanol–water partition coefficient (Wildman–Crippen LogP) is 3.89. The third-order valence-corrected chi connectivity index (χ3v) is 4.05. The number of halogens is 2. The van der Waals surface area contributed by atoms with Crippen molar-refractivity contribution in [3.63, 3.8) is 0 Å². The lowest BCUT2D eigenvalue weighted by atomic mass is 10.0. The van der Waals surface area contributed by atoms with E-state index >= 15 is 0 Å². The van der Waals surface area contributed by atoms with Crippen molar-refractivity contribution in [1.82, 2.24) is 4.90 Å². The van der Waals surface area contributed by atoms with Crippen molar-refractivity contribution < 1.29 is 23.0 Å². The Kier molecular flexibility index (Phi) is 5.02. The van der Waals surface area contributed by atoms with Gasteiger partial charge in [-0.25, -0.2) is 4.79 Å². The monoisotopic (exact) mass is 348 g/mol. The molecule has 1 heterocycles. The highest BCUT2D eigenvalue weighted by Gasteiger charge is 2.21. The van der Waals surface area contributed by atoms with Gasteiger partial charge in [0.05, 0.1) is 7.11 Å². The zero-order valence-corrected chi connectivity index (χ0v) is 13.7. The normalized spacial score (nSPS) is 13.4. The summed E-state index contributed by atoms with van der Waals surface area (Å²) in [6.07, 6.45) is 0.784. The molecule has 0 aliphatic carbocycles. The summed E-state index contributed by atoms with van der Waals surface area (Å²) < 4.78 is 34.4. The highest BCUT2D eigenvalue weighted by atomic mass is 19.3. The van der Waals surface area contributed by atoms with Gasteiger partial charge in [0.1, 0.15) is 0 Å². The van der Waals surface area contributed by atoms with E-state index in [-0.39, 0.29) is 17.5 Å². The third kappa shape index (κ3) is 3.99. The van der Waals surface area contributed by atoms with Crippen LogP contribution in [0.15, 0.2) is 42.5 Å². The Bertz CT molecular complexity index is 768. The first-order valence-electron chi connectivity index (χ1n) is 7.82. The molecule has 25 heavy (non-hydrogen) atoms. The molecule has 1 aliphatic rings. The minimum Gasteiger partial charge on any atom is -0.493 e. The number of alkyl halides is 2. The van der Waals surface area contributed by atoms with Crippen LogP contribution in [0.4, 0.5) is 19.3 Å². The molecule has 0 bridgehead atoms. The van der Waals surface area contributed by atoms with E-state index in [1.807, 2.05) is 18.2 Å². The second-order valence-corrected chi connectivity index (χ2v) is 5.61. The zero-order chi connectivity index (χ0) is 17.8. The summed E-state index contributed by atoms with van der Waals surface area (Å²) in [5.74, 6) is 0.0458. The summed E-state index contributed by atoms with van der Waals surface area (Å²) in [6.45, 7) is -1.86. The van der Waals surface area contributed by atoms with Gasteiger partial charge < -0.3 is 19.7 Å². The number of nitrogens with zero attached hydrogens (tertiary/aromatic N) is 1. The van der Waals surface area contributed by atoms with Crippen LogP contribution >= 0.6 is 0 Å². The van der Waals surface area contributed by atoms with Crippen LogP contribution < -0.4 is 14.8 Å². The molecule has 0 radical (unpaired) electrons. The summed E-state index contributed by atoms with van der Waals surface area (Å²) in [4.78, 5) is 14.1. The fraction of sp³-hybridized carbons (Fsp3) is 0.278. The first-order valence-corrected chi connectivity index (χ1v) is 7.82. The minimum atomic E-state index is -2.97. The lowest BCUT2D eigenvalue weighted by Gasteiger charge is -2.29. The molecule has 0 saturated carbocycles. The molecule has 1 aliphatic heterocycles. The van der Waals surface area contributed by atoms with Gasteiger partial charge in [0.2, 0.25) is 0 Å². The molecule has 5 nitrogen and oxygen atoms in total. The molecule has 2 amide bonds. The molecule has 2 aromatic carbocycles. The van der Waals surface area contributed by atoms with E-state index in [1.165, 1.54) is 24.8 Å². The first kappa shape index (κ1) is 17.0. The van der Waals surface area contributed by atoms with Crippen LogP contribution in [0.3, 0.4) is 0 Å². The number of methoxy groups -OCH3 is 1. The number of anilines is 1. The molecule has 1 N–H and O–H groups in total. The number of ether oxygens (including phenoxy) is 2. The maximum Gasteiger partial charge on any atom is 0.387 e. The Hall–Kier alpha value is -2.83. The van der Waals surface area contributed by atoms with Gasteiger partial charge in [0.25, 0.3) is 0 Å². The van der Waals surface area contributed by atoms with Crippen molar-refractivity contribution in [1.29, 1.82) is 0 Å². The largest absolute Gasteiger partial charge is 0.493 e. The second kappa shape index (κ2) is 7.38. The number of carbonyl (C=O) groups is 1. The number of benzene rings is 2. The summed E-state index contributed by atoms with van der Waals surface area (Å²) in [7, 11) is 1.36. The second-order valence-electron chi connectivity index (χ2n) is 5.61. The average Bonchev–Trinajstić information content (AvgIpc) is 2.61. The van der Waals surface area contributed by atoms with Crippen LogP contribution in [0.5, 0.6) is 11.5 Å². The van der Waals surface area contributed by atoms with E-state index in [9.17, 15) is 13.6 Å². The predicted molar refractivity (Wildman–Crippen MR) is 89.2 cm³/mol. The van der Waals surface area contributed by atoms with E-state index in [0.29, 0.717) is 18.8 Å². The van der Waals surface area contributed by atoms with Gasteiger partial charge in [0, 0.05) is 24.8 Å². The molecule has 3 rings (SSSR count). The SMILES string of the molecule is COc1ccc(NC(=O)N2CCc3ccccc3C2)cc1OC(F)F. The summed E-state index contributed by atoms with van der Waals surface area (Å²) >= 11 is 0. The van der Waals surface area contributed by atoms with Crippen LogP contribution in [0.2, 0.25) is 0 Å². The van der Waals surface area contributed by atoms with Gasteiger partial charge in [-0.05, 0) is 29.7 Å². The average molecular weight is 348 g/mol. The molecule has 0 atom stereocenters. The molecule has 0 unspecified atom stereocenters. The van der Waals surface area contributed by atoms with E-state index in [2.05, 4.69) is 16.1 Å². The van der Waals surface area contributed by atoms with Gasteiger partial charge in [0.15, 0.2) is 11.5 Å². The number of urea groups is 1. The standard InChI is InChI=1S/C18H18F2N2O3/c1-24-15-7-6-14(10-16(15)25-17(19)20)21-18(23)22-9-8-12-4-2-3-5-13(12)11-22/h2-7,10,17H,8-9,11H2,1H3,(H,21,23). The Morgan fingerprint density at radius 3 is 2.64 bits per heavy atom. The Morgan fingerprint density at radius 1 is 1.16 bits per heavy atom. The molecule has 0 saturated heterocycles. The Labute approximate surface area is 144 Å². The smallest absolute Gasteiger partial charge is 0.387 e. The fourth-order valence-corrected chi connectivity index (χ4v) is 2.81. The van der Waals surface area contributed by atoms with Crippen molar-refractivity contribution in [2.75, 3.05) is 19.0 Å². The Balaban J connectivity index is 1.71. The van der Waals surface area contributed by atoms with E-state index in [0.717, 1.165) is 12.0 Å². The molecule has 7 heteroatoms. The molecular weight excluding hydrogens is 330 g/mol. The van der Waals surface area contributed by atoms with Gasteiger partial charge in [-0.3, -0.25) is 0 Å². The Morgan fingerprint density at radius 2 is 1.92 bits per heavy atom. The van der Waals surface area contributed by atoms with Crippen molar-refractivity contribution in [3.05, 3.63) is 53.6 Å². The van der Waals surface area contributed by atoms with Crippen LogP contribution in [0, 0.1) is 0 Å². The summed E-state index contributed by atoms with van der Waals surface area (Å²) in [5.41, 5.74) is 2.71. The van der Waals surface area contributed by atoms with E-state index in [1.54, 1.807) is 11.0 Å². The molecular formula is C18H18F2N2O3. The molecule has 0 spiro atoms. The summed E-state index contributed by atoms with van der Waals surface area (Å²) in [6, 6.07) is 12.1. The van der Waals surface area contributed by atoms with Crippen molar-refractivity contribution in [3.8, 4) is 11.5 Å². The fourth-order valence-electron chi connectivity index (χ4n) is 2.81. The van der Waals surface area contributed by atoms with E-state index in [4.69, 9.17) is 4.74 Å². The number of hydrogen-bond donors (Lipinski definition) is 1. The first-order chi connectivity index (χ1) is 12.1. The summed E-state index contributed by atoms with van der Waals surface area (Å²) in [5, 5.41) is 2.71. The molecule has 132 valence electrons. The molecule has 0 fully saturated rings. The number of nitrogens with one attached hydrogen (secondary N) is 1. The van der Waals surface area contributed by atoms with Crippen molar-refractivity contribution in [2.45, 2.75) is 19.6 Å². The van der Waals surface area contributed by atoms with Crippen LogP contribution in [-0.2, 0) is 13.0 Å². The highest BCUT2D eigenvalue weighted by molar-refractivity contribution is 5.90. The van der Waals surface area contributed by atoms with Crippen molar-refractivity contribution >= 4 is 11.7 Å². The number of fused-ring (bicyclic) bond motifs is 1. The maximum absolute atomic E-state index is 12.5. The number of hydrogen-bond acceptors (Lipinski definition) is 3. The molecule has 2 aromatic rings. The van der Waals surface area contributed by atoms with Gasteiger partial charge in [-0.15, -0.1) is 0 Å². The van der Waals surface area contributed by atoms with E-state index < -0.39 is 6.61 Å². The quantitative estimate of drug-likeness (QED) is 0.912. The van der Waals surface area contributed by atoms with Gasteiger partial charge >= 0.3 is 12.6 Å². The topological polar surface area (TPSA) is 50.8 Å². The zero-order valence-electron chi connectivity index (χ0n) is 13.7. The minimum absolute atomic E-state index is 0.126. The lowest BCUT2D eigenvalue weighted by molar-refractivity contribution is -0.0511. The number of amides is 2. The highest BCUT2D eigenvalue weighted by Crippen LogP contribution is 2.31. The van der Waals surface area contributed by atoms with Crippen LogP contribution in [0.1, 0.15) is 11.1 Å². The third-order valence-electron chi connectivity index (χ3n) is 4.05. The maximum atomic E-state index is 12.5. The van der Waals surface area contributed by atoms with Crippen molar-refractivity contribution in [2.24, 2.45) is 0 Å². The number of carbonyl (C=O) groups excluding carboxylic acids is 1. The van der Waals surface area contributed by atoms with Gasteiger partial charge in [-0.2, -0.15) is 8.78 Å². The van der Waals surface area contributed by atoms with Gasteiger partial charge in [-0.1, -0.05) is 24.3 Å². The van der Waals surface area contributed by atoms with Crippen LogP contribution in [0.25, 0.3) is 0 Å². The van der Waals surface area contributed by atoms with Crippen LogP contribution in [-0.4, -0.2) is 31.2 Å². The lowest BCUT2D eigenvalue weighted by Crippen LogP contribution is -2.38. The molecule has 0 aromatic heterocycles. The number of rotatable bonds is 4.